The van der Waals surface area contributed by atoms with Crippen LogP contribution in [0.4, 0.5) is 0 Å². The molecule has 134 valence electrons. The second-order valence-corrected chi connectivity index (χ2v) is 6.22. The first-order chi connectivity index (χ1) is 10.7. The summed E-state index contributed by atoms with van der Waals surface area (Å²) in [5.74, 6) is -4.10. The Morgan fingerprint density at radius 3 is 2.09 bits per heavy atom. The molecular formula is C16H26O7-2. The van der Waals surface area contributed by atoms with Crippen LogP contribution in [-0.2, 0) is 19.1 Å². The molecule has 0 saturated carbocycles. The molecule has 1 unspecified atom stereocenters. The SMILES string of the molecule is CC(C)CCCCCCCOC(=O)CC(O)(CC(=O)[O-])C(=O)[O-]. The molecule has 0 aromatic rings. The lowest BCUT2D eigenvalue weighted by atomic mass is 9.96. The number of aliphatic carboxylic acids is 2. The number of ether oxygens (including phenoxy) is 1. The normalized spacial score (nSPS) is 13.6. The van der Waals surface area contributed by atoms with Crippen molar-refractivity contribution in [2.24, 2.45) is 5.92 Å². The van der Waals surface area contributed by atoms with Crippen LogP contribution in [0, 0.1) is 5.92 Å². The fraction of sp³-hybridized carbons (Fsp3) is 0.812. The van der Waals surface area contributed by atoms with E-state index < -0.39 is 36.4 Å². The minimum Gasteiger partial charge on any atom is -0.550 e. The van der Waals surface area contributed by atoms with Gasteiger partial charge in [0.15, 0.2) is 0 Å². The lowest BCUT2D eigenvalue weighted by molar-refractivity contribution is -0.333. The second kappa shape index (κ2) is 11.0. The van der Waals surface area contributed by atoms with E-state index in [9.17, 15) is 29.7 Å². The first-order valence-electron chi connectivity index (χ1n) is 7.96. The maximum Gasteiger partial charge on any atom is 0.309 e. The average molecular weight is 330 g/mol. The Hall–Kier alpha value is -1.63. The van der Waals surface area contributed by atoms with Crippen LogP contribution in [0.3, 0.4) is 0 Å². The molecule has 0 radical (unpaired) electrons. The van der Waals surface area contributed by atoms with Gasteiger partial charge in [0.1, 0.15) is 5.60 Å². The highest BCUT2D eigenvalue weighted by molar-refractivity contribution is 5.87. The van der Waals surface area contributed by atoms with Gasteiger partial charge in [-0.15, -0.1) is 0 Å². The summed E-state index contributed by atoms with van der Waals surface area (Å²) in [7, 11) is 0. The lowest BCUT2D eigenvalue weighted by Crippen LogP contribution is -2.52. The van der Waals surface area contributed by atoms with E-state index in [4.69, 9.17) is 4.74 Å². The molecule has 0 amide bonds. The van der Waals surface area contributed by atoms with Gasteiger partial charge in [0.25, 0.3) is 0 Å². The summed E-state index contributed by atoms with van der Waals surface area (Å²) >= 11 is 0. The fourth-order valence-corrected chi connectivity index (χ4v) is 2.11. The molecule has 0 aliphatic rings. The van der Waals surface area contributed by atoms with Crippen molar-refractivity contribution in [2.75, 3.05) is 6.61 Å². The fourth-order valence-electron chi connectivity index (χ4n) is 2.11. The smallest absolute Gasteiger partial charge is 0.309 e. The van der Waals surface area contributed by atoms with Crippen molar-refractivity contribution >= 4 is 17.9 Å². The monoisotopic (exact) mass is 330 g/mol. The molecule has 7 heteroatoms. The molecule has 0 aliphatic carbocycles. The molecule has 1 atom stereocenters. The van der Waals surface area contributed by atoms with Crippen LogP contribution in [-0.4, -0.2) is 35.2 Å². The van der Waals surface area contributed by atoms with Crippen molar-refractivity contribution in [1.82, 2.24) is 0 Å². The highest BCUT2D eigenvalue weighted by Crippen LogP contribution is 2.16. The number of rotatable bonds is 13. The van der Waals surface area contributed by atoms with E-state index in [0.29, 0.717) is 12.3 Å². The Labute approximate surface area is 136 Å². The van der Waals surface area contributed by atoms with E-state index >= 15 is 0 Å². The number of hydrogen-bond acceptors (Lipinski definition) is 7. The van der Waals surface area contributed by atoms with E-state index in [0.717, 1.165) is 19.3 Å². The molecule has 0 spiro atoms. The number of aliphatic hydroxyl groups is 1. The third-order valence-electron chi connectivity index (χ3n) is 3.44. The molecule has 0 aromatic heterocycles. The Morgan fingerprint density at radius 1 is 1.00 bits per heavy atom. The summed E-state index contributed by atoms with van der Waals surface area (Å²) < 4.78 is 4.81. The summed E-state index contributed by atoms with van der Waals surface area (Å²) in [5, 5.41) is 30.8. The highest BCUT2D eigenvalue weighted by atomic mass is 16.5. The number of carbonyl (C=O) groups is 3. The van der Waals surface area contributed by atoms with E-state index in [2.05, 4.69) is 13.8 Å². The van der Waals surface area contributed by atoms with Gasteiger partial charge < -0.3 is 29.6 Å². The molecule has 0 bridgehead atoms. The van der Waals surface area contributed by atoms with Crippen molar-refractivity contribution in [3.63, 3.8) is 0 Å². The summed E-state index contributed by atoms with van der Waals surface area (Å²) in [6.07, 6.45) is 3.82. The highest BCUT2D eigenvalue weighted by Gasteiger charge is 2.32. The molecule has 0 aromatic carbocycles. The Morgan fingerprint density at radius 2 is 1.57 bits per heavy atom. The number of hydrogen-bond donors (Lipinski definition) is 1. The molecule has 0 heterocycles. The molecule has 1 N–H and O–H groups in total. The van der Waals surface area contributed by atoms with Crippen LogP contribution < -0.4 is 10.2 Å². The van der Waals surface area contributed by atoms with E-state index in [-0.39, 0.29) is 6.61 Å². The second-order valence-electron chi connectivity index (χ2n) is 6.22. The summed E-state index contributed by atoms with van der Waals surface area (Å²) in [4.78, 5) is 32.6. The zero-order valence-corrected chi connectivity index (χ0v) is 13.8. The summed E-state index contributed by atoms with van der Waals surface area (Å²) in [6.45, 7) is 4.46. The van der Waals surface area contributed by atoms with Gasteiger partial charge in [0.05, 0.1) is 19.0 Å². The van der Waals surface area contributed by atoms with Crippen molar-refractivity contribution in [3.05, 3.63) is 0 Å². The number of esters is 1. The quantitative estimate of drug-likeness (QED) is 0.357. The van der Waals surface area contributed by atoms with Gasteiger partial charge in [-0.25, -0.2) is 0 Å². The topological polar surface area (TPSA) is 127 Å². The van der Waals surface area contributed by atoms with Crippen molar-refractivity contribution in [2.45, 2.75) is 70.8 Å². The first-order valence-corrected chi connectivity index (χ1v) is 7.96. The zero-order chi connectivity index (χ0) is 17.9. The summed E-state index contributed by atoms with van der Waals surface area (Å²) in [6, 6.07) is 0. The largest absolute Gasteiger partial charge is 0.550 e. The third kappa shape index (κ3) is 10.7. The minimum atomic E-state index is -2.80. The summed E-state index contributed by atoms with van der Waals surface area (Å²) in [5.41, 5.74) is -2.80. The number of carbonyl (C=O) groups excluding carboxylic acids is 3. The predicted molar refractivity (Wildman–Crippen MR) is 77.7 cm³/mol. The number of carboxylic acid groups (broad SMARTS) is 2. The Balaban J connectivity index is 3.89. The molecule has 23 heavy (non-hydrogen) atoms. The van der Waals surface area contributed by atoms with Crippen molar-refractivity contribution < 1.29 is 34.4 Å². The van der Waals surface area contributed by atoms with E-state index in [1.807, 2.05) is 0 Å². The van der Waals surface area contributed by atoms with Gasteiger partial charge in [-0.2, -0.15) is 0 Å². The van der Waals surface area contributed by atoms with Gasteiger partial charge in [-0.3, -0.25) is 4.79 Å². The zero-order valence-electron chi connectivity index (χ0n) is 13.8. The standard InChI is InChI=1S/C16H28O7/c1-12(2)8-6-4-3-5-7-9-23-14(19)11-16(22,15(20)21)10-13(17)18/h12,22H,3-11H2,1-2H3,(H,17,18)(H,20,21)/p-2. The maximum absolute atomic E-state index is 11.5. The minimum absolute atomic E-state index is 0.109. The van der Waals surface area contributed by atoms with Crippen LogP contribution in [0.25, 0.3) is 0 Å². The van der Waals surface area contributed by atoms with Crippen molar-refractivity contribution in [1.29, 1.82) is 0 Å². The maximum atomic E-state index is 11.5. The molecule has 0 aliphatic heterocycles. The molecular weight excluding hydrogens is 304 g/mol. The van der Waals surface area contributed by atoms with Crippen molar-refractivity contribution in [3.8, 4) is 0 Å². The predicted octanol–water partition coefficient (Wildman–Crippen LogP) is -0.463. The average Bonchev–Trinajstić information content (AvgIpc) is 2.40. The van der Waals surface area contributed by atoms with Crippen LogP contribution in [0.15, 0.2) is 0 Å². The van der Waals surface area contributed by atoms with Gasteiger partial charge in [0, 0.05) is 12.4 Å². The third-order valence-corrected chi connectivity index (χ3v) is 3.44. The van der Waals surface area contributed by atoms with Crippen LogP contribution >= 0.6 is 0 Å². The van der Waals surface area contributed by atoms with Gasteiger partial charge in [-0.05, 0) is 12.3 Å². The Bertz CT molecular complexity index is 392. The van der Waals surface area contributed by atoms with Gasteiger partial charge in [0.2, 0.25) is 0 Å². The molecule has 7 nitrogen and oxygen atoms in total. The van der Waals surface area contributed by atoms with Gasteiger partial charge in [-0.1, -0.05) is 46.0 Å². The lowest BCUT2D eigenvalue weighted by Gasteiger charge is -2.28. The van der Waals surface area contributed by atoms with E-state index in [1.54, 1.807) is 0 Å². The van der Waals surface area contributed by atoms with E-state index in [1.165, 1.54) is 12.8 Å². The van der Waals surface area contributed by atoms with Crippen LogP contribution in [0.2, 0.25) is 0 Å². The number of unbranched alkanes of at least 4 members (excludes halogenated alkanes) is 4. The molecule has 0 rings (SSSR count). The number of carboxylic acids is 2. The van der Waals surface area contributed by atoms with Crippen LogP contribution in [0.5, 0.6) is 0 Å². The first kappa shape index (κ1) is 21.4. The molecule has 0 fully saturated rings. The van der Waals surface area contributed by atoms with Crippen LogP contribution in [0.1, 0.15) is 65.2 Å². The van der Waals surface area contributed by atoms with Gasteiger partial charge >= 0.3 is 5.97 Å². The Kier molecular flexibility index (Phi) is 10.2. The molecule has 0 saturated heterocycles.